The first-order valence-corrected chi connectivity index (χ1v) is 5.04. The van der Waals surface area contributed by atoms with Gasteiger partial charge in [0.25, 0.3) is 5.91 Å². The quantitative estimate of drug-likeness (QED) is 0.541. The van der Waals surface area contributed by atoms with E-state index in [9.17, 15) is 9.90 Å². The van der Waals surface area contributed by atoms with Gasteiger partial charge in [0.2, 0.25) is 0 Å². The Morgan fingerprint density at radius 2 is 2.13 bits per heavy atom. The molecule has 0 saturated heterocycles. The Morgan fingerprint density at radius 3 is 2.73 bits per heavy atom. The van der Waals surface area contributed by atoms with Gasteiger partial charge in [-0.3, -0.25) is 4.79 Å². The van der Waals surface area contributed by atoms with E-state index < -0.39 is 0 Å². The number of hydrogen-bond acceptors (Lipinski definition) is 3. The minimum atomic E-state index is -0.377. The summed E-state index contributed by atoms with van der Waals surface area (Å²) in [5.74, 6) is -0.220. The Labute approximate surface area is 92.5 Å². The van der Waals surface area contributed by atoms with Crippen molar-refractivity contribution in [2.75, 3.05) is 12.4 Å². The number of hydrogen-bond donors (Lipinski definition) is 3. The van der Waals surface area contributed by atoms with E-state index in [2.05, 4.69) is 5.32 Å². The van der Waals surface area contributed by atoms with E-state index in [4.69, 9.17) is 16.7 Å². The second kappa shape index (κ2) is 5.46. The maximum absolute atomic E-state index is 11.5. The summed E-state index contributed by atoms with van der Waals surface area (Å²) in [6, 6.07) is 3.83. The number of alkyl halides is 1. The molecule has 0 spiro atoms. The Hall–Kier alpha value is -1.42. The molecule has 0 fully saturated rings. The molecule has 0 aliphatic rings. The molecule has 0 saturated carbocycles. The normalized spacial score (nSPS) is 9.93. The summed E-state index contributed by atoms with van der Waals surface area (Å²) in [7, 11) is 0. The molecule has 0 heterocycles. The van der Waals surface area contributed by atoms with Gasteiger partial charge in [0.05, 0.1) is 5.56 Å². The number of halogens is 1. The van der Waals surface area contributed by atoms with E-state index in [1.807, 2.05) is 0 Å². The standard InChI is InChI=1S/C10H12ClNO3/c11-4-1-5-12-10(15)8-3-2-7(13)6-9(8)14/h2-3,6,13-14H,1,4-5H2,(H,12,15). The fraction of sp³-hybridized carbons (Fsp3) is 0.300. The van der Waals surface area contributed by atoms with Crippen molar-refractivity contribution >= 4 is 17.5 Å². The number of aromatic hydroxyl groups is 2. The van der Waals surface area contributed by atoms with E-state index in [1.165, 1.54) is 12.1 Å². The molecular formula is C10H12ClNO3. The molecule has 0 aliphatic heterocycles. The monoisotopic (exact) mass is 229 g/mol. The van der Waals surface area contributed by atoms with Crippen molar-refractivity contribution in [3.63, 3.8) is 0 Å². The van der Waals surface area contributed by atoms with Gasteiger partial charge in [-0.1, -0.05) is 0 Å². The number of phenolic OH excluding ortho intramolecular Hbond substituents is 2. The van der Waals surface area contributed by atoms with Gasteiger partial charge in [-0.05, 0) is 18.6 Å². The molecular weight excluding hydrogens is 218 g/mol. The van der Waals surface area contributed by atoms with Crippen LogP contribution in [-0.2, 0) is 0 Å². The Bertz CT molecular complexity index is 355. The first-order valence-electron chi connectivity index (χ1n) is 4.51. The van der Waals surface area contributed by atoms with Crippen molar-refractivity contribution in [2.45, 2.75) is 6.42 Å². The number of carbonyl (C=O) groups excluding carboxylic acids is 1. The zero-order valence-electron chi connectivity index (χ0n) is 8.03. The summed E-state index contributed by atoms with van der Waals surface area (Å²) >= 11 is 5.45. The second-order valence-electron chi connectivity index (χ2n) is 3.00. The Balaban J connectivity index is 2.65. The predicted octanol–water partition coefficient (Wildman–Crippen LogP) is 1.46. The van der Waals surface area contributed by atoms with Crippen molar-refractivity contribution in [3.05, 3.63) is 23.8 Å². The van der Waals surface area contributed by atoms with Crippen LogP contribution in [0.5, 0.6) is 11.5 Å². The number of phenols is 2. The third-order valence-corrected chi connectivity index (χ3v) is 2.09. The summed E-state index contributed by atoms with van der Waals surface area (Å²) in [6.07, 6.45) is 0.673. The SMILES string of the molecule is O=C(NCCCCl)c1ccc(O)cc1O. The average Bonchev–Trinajstić information content (AvgIpc) is 2.17. The topological polar surface area (TPSA) is 69.6 Å². The fourth-order valence-corrected chi connectivity index (χ4v) is 1.21. The van der Waals surface area contributed by atoms with Crippen molar-refractivity contribution in [1.82, 2.24) is 5.32 Å². The van der Waals surface area contributed by atoms with Crippen molar-refractivity contribution in [3.8, 4) is 11.5 Å². The van der Waals surface area contributed by atoms with Gasteiger partial charge in [-0.2, -0.15) is 0 Å². The zero-order valence-corrected chi connectivity index (χ0v) is 8.79. The van der Waals surface area contributed by atoms with Crippen LogP contribution in [-0.4, -0.2) is 28.5 Å². The highest BCUT2D eigenvalue weighted by Gasteiger charge is 2.10. The predicted molar refractivity (Wildman–Crippen MR) is 57.4 cm³/mol. The molecule has 5 heteroatoms. The molecule has 0 bridgehead atoms. The lowest BCUT2D eigenvalue weighted by atomic mass is 10.2. The van der Waals surface area contributed by atoms with E-state index in [-0.39, 0.29) is 23.0 Å². The molecule has 0 aromatic heterocycles. The first kappa shape index (κ1) is 11.7. The average molecular weight is 230 g/mol. The van der Waals surface area contributed by atoms with Crippen LogP contribution in [0, 0.1) is 0 Å². The molecule has 0 unspecified atom stereocenters. The molecule has 3 N–H and O–H groups in total. The third-order valence-electron chi connectivity index (χ3n) is 1.82. The van der Waals surface area contributed by atoms with E-state index in [0.29, 0.717) is 18.8 Å². The zero-order chi connectivity index (χ0) is 11.3. The van der Waals surface area contributed by atoms with E-state index in [1.54, 1.807) is 0 Å². The van der Waals surface area contributed by atoms with Gasteiger partial charge in [0.15, 0.2) is 0 Å². The van der Waals surface area contributed by atoms with Gasteiger partial charge in [-0.15, -0.1) is 11.6 Å². The molecule has 1 rings (SSSR count). The number of nitrogens with one attached hydrogen (secondary N) is 1. The Kier molecular flexibility index (Phi) is 4.24. The first-order chi connectivity index (χ1) is 7.15. The largest absolute Gasteiger partial charge is 0.508 e. The highest BCUT2D eigenvalue weighted by atomic mass is 35.5. The summed E-state index contributed by atoms with van der Waals surface area (Å²) in [5.41, 5.74) is 0.141. The van der Waals surface area contributed by atoms with Crippen LogP contribution < -0.4 is 5.32 Å². The van der Waals surface area contributed by atoms with Crippen LogP contribution in [0.2, 0.25) is 0 Å². The lowest BCUT2D eigenvalue weighted by Crippen LogP contribution is -2.24. The van der Waals surface area contributed by atoms with Crippen molar-refractivity contribution < 1.29 is 15.0 Å². The van der Waals surface area contributed by atoms with Crippen molar-refractivity contribution in [2.24, 2.45) is 0 Å². The highest BCUT2D eigenvalue weighted by molar-refractivity contribution is 6.17. The lowest BCUT2D eigenvalue weighted by molar-refractivity contribution is 0.0951. The molecule has 0 atom stereocenters. The summed E-state index contributed by atoms with van der Waals surface area (Å²) in [4.78, 5) is 11.5. The van der Waals surface area contributed by atoms with Crippen LogP contribution in [0.3, 0.4) is 0 Å². The van der Waals surface area contributed by atoms with Crippen LogP contribution in [0.4, 0.5) is 0 Å². The number of benzene rings is 1. The van der Waals surface area contributed by atoms with Gasteiger partial charge < -0.3 is 15.5 Å². The van der Waals surface area contributed by atoms with Gasteiger partial charge in [0.1, 0.15) is 11.5 Å². The molecule has 15 heavy (non-hydrogen) atoms. The maximum Gasteiger partial charge on any atom is 0.255 e. The molecule has 1 aromatic rings. The number of amides is 1. The number of carbonyl (C=O) groups is 1. The maximum atomic E-state index is 11.5. The molecule has 82 valence electrons. The van der Waals surface area contributed by atoms with Crippen LogP contribution in [0.25, 0.3) is 0 Å². The van der Waals surface area contributed by atoms with Gasteiger partial charge in [0, 0.05) is 18.5 Å². The van der Waals surface area contributed by atoms with E-state index >= 15 is 0 Å². The highest BCUT2D eigenvalue weighted by Crippen LogP contribution is 2.22. The van der Waals surface area contributed by atoms with Crippen LogP contribution in [0.1, 0.15) is 16.8 Å². The number of rotatable bonds is 4. The summed E-state index contributed by atoms with van der Waals surface area (Å²) < 4.78 is 0. The third kappa shape index (κ3) is 3.32. The van der Waals surface area contributed by atoms with Gasteiger partial charge in [-0.25, -0.2) is 0 Å². The fourth-order valence-electron chi connectivity index (χ4n) is 1.08. The molecule has 1 amide bonds. The van der Waals surface area contributed by atoms with Crippen molar-refractivity contribution in [1.29, 1.82) is 0 Å². The van der Waals surface area contributed by atoms with E-state index in [0.717, 1.165) is 6.07 Å². The Morgan fingerprint density at radius 1 is 1.40 bits per heavy atom. The summed E-state index contributed by atoms with van der Waals surface area (Å²) in [5, 5.41) is 21.0. The van der Waals surface area contributed by atoms with Crippen LogP contribution in [0.15, 0.2) is 18.2 Å². The molecule has 0 aliphatic carbocycles. The molecule has 4 nitrogen and oxygen atoms in total. The smallest absolute Gasteiger partial charge is 0.255 e. The summed E-state index contributed by atoms with van der Waals surface area (Å²) in [6.45, 7) is 0.461. The lowest BCUT2D eigenvalue weighted by Gasteiger charge is -2.05. The van der Waals surface area contributed by atoms with Crippen LogP contribution >= 0.6 is 11.6 Å². The second-order valence-corrected chi connectivity index (χ2v) is 3.38. The molecule has 1 aromatic carbocycles. The minimum absolute atomic E-state index is 0.0789. The van der Waals surface area contributed by atoms with Gasteiger partial charge >= 0.3 is 0 Å². The minimum Gasteiger partial charge on any atom is -0.508 e. The molecule has 0 radical (unpaired) electrons.